The van der Waals surface area contributed by atoms with Crippen molar-refractivity contribution in [1.82, 2.24) is 0 Å². The van der Waals surface area contributed by atoms with Gasteiger partial charge in [-0.05, 0) is 12.1 Å². The number of hydrogen-bond donors (Lipinski definition) is 5. The number of aliphatic carboxylic acids is 1. The molecule has 2 heterocycles. The molecule has 0 bridgehead atoms. The van der Waals surface area contributed by atoms with Gasteiger partial charge in [0.2, 0.25) is 6.29 Å². The topological polar surface area (TPSA) is 199 Å². The molecule has 4 rings (SSSR count). The zero-order chi connectivity index (χ0) is 27.7. The van der Waals surface area contributed by atoms with Crippen LogP contribution in [0.25, 0.3) is 0 Å². The number of hydrogen-bond acceptors (Lipinski definition) is 12. The largest absolute Gasteiger partial charge is 0.478 e. The predicted molar refractivity (Wildman–Crippen MR) is 123 cm³/mol. The second kappa shape index (κ2) is 11.4. The zero-order valence-corrected chi connectivity index (χ0v) is 20.5. The van der Waals surface area contributed by atoms with Gasteiger partial charge in [0.15, 0.2) is 6.29 Å². The molecule has 1 aliphatic carbocycles. The Morgan fingerprint density at radius 3 is 2.24 bits per heavy atom. The molecule has 1 saturated heterocycles. The van der Waals surface area contributed by atoms with Crippen LogP contribution in [0.2, 0.25) is 0 Å². The van der Waals surface area contributed by atoms with E-state index in [0.717, 1.165) is 13.2 Å². The van der Waals surface area contributed by atoms with Crippen LogP contribution in [0.5, 0.6) is 0 Å². The summed E-state index contributed by atoms with van der Waals surface area (Å²) in [5.41, 5.74) is -0.0526. The number of carboxylic acid groups (broad SMARTS) is 1. The lowest BCUT2D eigenvalue weighted by Gasteiger charge is -2.43. The van der Waals surface area contributed by atoms with E-state index in [1.165, 1.54) is 12.1 Å². The van der Waals surface area contributed by atoms with Gasteiger partial charge in [-0.25, -0.2) is 9.59 Å². The van der Waals surface area contributed by atoms with Crippen molar-refractivity contribution >= 4 is 17.9 Å². The van der Waals surface area contributed by atoms with Gasteiger partial charge in [0.05, 0.1) is 24.0 Å². The third kappa shape index (κ3) is 5.25. The molecule has 1 aromatic carbocycles. The van der Waals surface area contributed by atoms with E-state index in [4.69, 9.17) is 23.7 Å². The third-order valence-electron chi connectivity index (χ3n) is 7.14. The number of carbonyl (C=O) groups is 3. The number of ether oxygens (including phenoxy) is 5. The fourth-order valence-electron chi connectivity index (χ4n) is 5.28. The van der Waals surface area contributed by atoms with Crippen LogP contribution in [0.4, 0.5) is 0 Å². The summed E-state index contributed by atoms with van der Waals surface area (Å²) in [5.74, 6) is -5.45. The molecule has 0 amide bonds. The fourth-order valence-corrected chi connectivity index (χ4v) is 5.28. The Balaban J connectivity index is 1.67. The predicted octanol–water partition coefficient (Wildman–Crippen LogP) is -0.833. The maximum atomic E-state index is 12.9. The van der Waals surface area contributed by atoms with E-state index in [1.807, 2.05) is 0 Å². The van der Waals surface area contributed by atoms with Gasteiger partial charge in [0, 0.05) is 24.7 Å². The highest BCUT2D eigenvalue weighted by Gasteiger charge is 2.61. The van der Waals surface area contributed by atoms with Crippen LogP contribution in [-0.4, -0.2) is 99.3 Å². The Morgan fingerprint density at radius 1 is 0.947 bits per heavy atom. The average molecular weight is 539 g/mol. The monoisotopic (exact) mass is 538 g/mol. The lowest BCUT2D eigenvalue weighted by atomic mass is 9.82. The van der Waals surface area contributed by atoms with Gasteiger partial charge >= 0.3 is 17.9 Å². The molecule has 0 radical (unpaired) electrons. The van der Waals surface area contributed by atoms with Crippen LogP contribution < -0.4 is 0 Å². The number of aliphatic hydroxyl groups excluding tert-OH is 4. The van der Waals surface area contributed by atoms with E-state index in [2.05, 4.69) is 0 Å². The molecule has 208 valence electrons. The van der Waals surface area contributed by atoms with Gasteiger partial charge in [-0.1, -0.05) is 25.1 Å². The Morgan fingerprint density at radius 2 is 1.63 bits per heavy atom. The highest BCUT2D eigenvalue weighted by atomic mass is 16.8. The van der Waals surface area contributed by atoms with Crippen molar-refractivity contribution in [3.05, 3.63) is 47.7 Å². The number of carbonyl (C=O) groups excluding carboxylic acids is 2. The first-order valence-corrected chi connectivity index (χ1v) is 12.0. The summed E-state index contributed by atoms with van der Waals surface area (Å²) in [4.78, 5) is 37.1. The molecule has 1 saturated carbocycles. The van der Waals surface area contributed by atoms with Crippen LogP contribution in [0.3, 0.4) is 0 Å². The van der Waals surface area contributed by atoms with E-state index >= 15 is 0 Å². The summed E-state index contributed by atoms with van der Waals surface area (Å²) < 4.78 is 28.0. The standard InChI is InChI=1S/C25H30O13/c1-10-15-16(21(20(10)35-11(2)27)37-23(33)12-6-4-3-5-7-12)13(22(31)32)9-34-24(15)38-25-19(30)18(29)17(28)14(8-26)36-25/h3-7,9-10,14-21,24-26,28-30H,8H2,1-2H3,(H,31,32)/t10-,14+,15+,16+,17-,18-,19-,20-,21+,24-,25+/m1/s1. The maximum Gasteiger partial charge on any atom is 0.338 e. The molecular formula is C25H30O13. The minimum atomic E-state index is -1.74. The van der Waals surface area contributed by atoms with Crippen molar-refractivity contribution in [2.24, 2.45) is 17.8 Å². The summed E-state index contributed by atoms with van der Waals surface area (Å²) in [6, 6.07) is 7.99. The van der Waals surface area contributed by atoms with Crippen molar-refractivity contribution in [3.8, 4) is 0 Å². The number of fused-ring (bicyclic) bond motifs is 1. The smallest absolute Gasteiger partial charge is 0.338 e. The first-order chi connectivity index (χ1) is 18.0. The molecule has 0 aromatic heterocycles. The number of esters is 2. The molecule has 13 heteroatoms. The molecule has 0 unspecified atom stereocenters. The van der Waals surface area contributed by atoms with Crippen LogP contribution in [0.15, 0.2) is 42.2 Å². The first-order valence-electron chi connectivity index (χ1n) is 12.0. The van der Waals surface area contributed by atoms with Gasteiger partial charge in [0.25, 0.3) is 0 Å². The summed E-state index contributed by atoms with van der Waals surface area (Å²) in [5, 5.41) is 50.0. The van der Waals surface area contributed by atoms with Crippen molar-refractivity contribution in [3.63, 3.8) is 0 Å². The lowest BCUT2D eigenvalue weighted by Crippen LogP contribution is -2.60. The number of rotatable bonds is 7. The molecule has 38 heavy (non-hydrogen) atoms. The van der Waals surface area contributed by atoms with Gasteiger partial charge < -0.3 is 49.2 Å². The normalized spacial score (nSPS) is 38.4. The van der Waals surface area contributed by atoms with Crippen molar-refractivity contribution in [2.45, 2.75) is 63.1 Å². The summed E-state index contributed by atoms with van der Waals surface area (Å²) in [6.07, 6.45) is -10.6. The first kappa shape index (κ1) is 28.0. The van der Waals surface area contributed by atoms with Crippen molar-refractivity contribution in [2.75, 3.05) is 6.61 Å². The molecule has 0 spiro atoms. The van der Waals surface area contributed by atoms with Crippen molar-refractivity contribution in [1.29, 1.82) is 0 Å². The van der Waals surface area contributed by atoms with Crippen LogP contribution >= 0.6 is 0 Å². The summed E-state index contributed by atoms with van der Waals surface area (Å²) >= 11 is 0. The molecule has 3 aliphatic rings. The lowest BCUT2D eigenvalue weighted by molar-refractivity contribution is -0.343. The second-order valence-corrected chi connectivity index (χ2v) is 9.49. The van der Waals surface area contributed by atoms with E-state index in [1.54, 1.807) is 25.1 Å². The van der Waals surface area contributed by atoms with E-state index in [0.29, 0.717) is 0 Å². The summed E-state index contributed by atoms with van der Waals surface area (Å²) in [7, 11) is 0. The molecule has 11 atom stereocenters. The fraction of sp³-hybridized carbons (Fsp3) is 0.560. The molecule has 2 aliphatic heterocycles. The maximum absolute atomic E-state index is 12.9. The Kier molecular flexibility index (Phi) is 8.35. The van der Waals surface area contributed by atoms with Gasteiger partial charge in [0.1, 0.15) is 36.6 Å². The third-order valence-corrected chi connectivity index (χ3v) is 7.14. The van der Waals surface area contributed by atoms with Crippen LogP contribution in [0.1, 0.15) is 24.2 Å². The molecule has 1 aromatic rings. The zero-order valence-electron chi connectivity index (χ0n) is 20.5. The van der Waals surface area contributed by atoms with Crippen LogP contribution in [-0.2, 0) is 33.3 Å². The number of aliphatic hydroxyl groups is 4. The Hall–Kier alpha value is -3.07. The van der Waals surface area contributed by atoms with Crippen molar-refractivity contribution < 1.29 is 63.6 Å². The second-order valence-electron chi connectivity index (χ2n) is 9.49. The van der Waals surface area contributed by atoms with E-state index < -0.39 is 91.5 Å². The number of benzene rings is 1. The Labute approximate surface area is 217 Å². The van der Waals surface area contributed by atoms with E-state index in [-0.39, 0.29) is 11.1 Å². The SMILES string of the molecule is CC(=O)O[C@@H]1[C@H](C)[C@@H]2[C@@H](O[C@@H]3O[C@@H](CO)[C@@H](O)[C@@H](O)[C@H]3O)OC=C(C(=O)O)[C@@H]2[C@@H]1OC(=O)c1ccccc1. The minimum absolute atomic E-state index is 0.201. The summed E-state index contributed by atoms with van der Waals surface area (Å²) in [6.45, 7) is 2.12. The van der Waals surface area contributed by atoms with Gasteiger partial charge in [-0.15, -0.1) is 0 Å². The average Bonchev–Trinajstić information content (AvgIpc) is 3.15. The highest BCUT2D eigenvalue weighted by Crippen LogP contribution is 2.50. The van der Waals surface area contributed by atoms with Gasteiger partial charge in [-0.3, -0.25) is 4.79 Å². The minimum Gasteiger partial charge on any atom is -0.478 e. The quantitative estimate of drug-likeness (QED) is 0.270. The van der Waals surface area contributed by atoms with E-state index in [9.17, 15) is 39.9 Å². The molecule has 2 fully saturated rings. The highest BCUT2D eigenvalue weighted by molar-refractivity contribution is 5.90. The van der Waals surface area contributed by atoms with Crippen LogP contribution in [0, 0.1) is 17.8 Å². The van der Waals surface area contributed by atoms with Gasteiger partial charge in [-0.2, -0.15) is 0 Å². The molecule has 5 N–H and O–H groups in total. The Bertz CT molecular complexity index is 1060. The molecular weight excluding hydrogens is 508 g/mol. The number of carboxylic acids is 1. The molecule has 13 nitrogen and oxygen atoms in total.